The lowest BCUT2D eigenvalue weighted by Gasteiger charge is -2.31. The number of aromatic nitrogens is 1. The van der Waals surface area contributed by atoms with Gasteiger partial charge in [-0.2, -0.15) is 0 Å². The van der Waals surface area contributed by atoms with Crippen LogP contribution in [-0.2, 0) is 4.74 Å². The van der Waals surface area contributed by atoms with Crippen molar-refractivity contribution in [2.75, 3.05) is 37.7 Å². The van der Waals surface area contributed by atoms with Crippen LogP contribution in [0, 0.1) is 0 Å². The van der Waals surface area contributed by atoms with Crippen molar-refractivity contribution in [3.8, 4) is 0 Å². The molecule has 2 N–H and O–H groups in total. The molecule has 1 amide bonds. The highest BCUT2D eigenvalue weighted by atomic mass is 16.5. The number of piperidine rings is 1. The molecular formula is C16H24N4O2. The maximum Gasteiger partial charge on any atom is 0.255 e. The average molecular weight is 304 g/mol. The molecule has 1 aromatic rings. The van der Waals surface area contributed by atoms with Crippen LogP contribution in [0.3, 0.4) is 0 Å². The second-order valence-corrected chi connectivity index (χ2v) is 6.02. The number of ether oxygens (including phenoxy) is 1. The topological polar surface area (TPSA) is 66.5 Å². The molecule has 2 atom stereocenters. The number of amides is 1. The van der Waals surface area contributed by atoms with E-state index >= 15 is 0 Å². The highest BCUT2D eigenvalue weighted by molar-refractivity contribution is 5.99. The number of pyridine rings is 1. The summed E-state index contributed by atoms with van der Waals surface area (Å²) in [4.78, 5) is 19.2. The van der Waals surface area contributed by atoms with Gasteiger partial charge in [0.1, 0.15) is 5.82 Å². The van der Waals surface area contributed by atoms with E-state index in [-0.39, 0.29) is 11.9 Å². The zero-order valence-corrected chi connectivity index (χ0v) is 13.0. The molecule has 2 fully saturated rings. The number of nitrogens with one attached hydrogen (secondary N) is 2. The van der Waals surface area contributed by atoms with Gasteiger partial charge in [-0.1, -0.05) is 0 Å². The van der Waals surface area contributed by atoms with Gasteiger partial charge in [-0.05, 0) is 38.4 Å². The number of morpholine rings is 1. The Bertz CT molecular complexity index is 517. The molecule has 0 bridgehead atoms. The maximum atomic E-state index is 12.7. The van der Waals surface area contributed by atoms with Gasteiger partial charge >= 0.3 is 0 Å². The Labute approximate surface area is 131 Å². The van der Waals surface area contributed by atoms with Crippen LogP contribution < -0.4 is 15.5 Å². The molecule has 22 heavy (non-hydrogen) atoms. The fraction of sp³-hybridized carbons (Fsp3) is 0.625. The van der Waals surface area contributed by atoms with Gasteiger partial charge in [0.05, 0.1) is 18.8 Å². The van der Waals surface area contributed by atoms with E-state index in [1.807, 2.05) is 12.1 Å². The summed E-state index contributed by atoms with van der Waals surface area (Å²) >= 11 is 0. The van der Waals surface area contributed by atoms with Crippen molar-refractivity contribution in [2.45, 2.75) is 31.8 Å². The molecular weight excluding hydrogens is 280 g/mol. The van der Waals surface area contributed by atoms with E-state index in [4.69, 9.17) is 4.74 Å². The summed E-state index contributed by atoms with van der Waals surface area (Å²) in [5.41, 5.74) is 0.663. The Morgan fingerprint density at radius 1 is 1.45 bits per heavy atom. The number of carbonyl (C=O) groups excluding carboxylic acids is 1. The molecule has 2 saturated heterocycles. The quantitative estimate of drug-likeness (QED) is 0.864. The van der Waals surface area contributed by atoms with Crippen molar-refractivity contribution in [1.29, 1.82) is 0 Å². The summed E-state index contributed by atoms with van der Waals surface area (Å²) in [5, 5.41) is 6.57. The predicted molar refractivity (Wildman–Crippen MR) is 85.2 cm³/mol. The molecule has 1 aromatic heterocycles. The lowest BCUT2D eigenvalue weighted by Crippen LogP contribution is -2.47. The van der Waals surface area contributed by atoms with E-state index in [1.165, 1.54) is 0 Å². The van der Waals surface area contributed by atoms with E-state index in [0.717, 1.165) is 38.3 Å². The Balaban J connectivity index is 1.71. The van der Waals surface area contributed by atoms with E-state index in [0.29, 0.717) is 24.8 Å². The standard InChI is InChI=1S/C16H24N4O2/c1-12-11-13(4-6-17-12)19-16(21)14-3-2-5-18-15(14)20-7-9-22-10-8-20/h2-3,5,12-13,17H,4,6-11H2,1H3,(H,19,21). The summed E-state index contributed by atoms with van der Waals surface area (Å²) in [6, 6.07) is 4.37. The van der Waals surface area contributed by atoms with E-state index in [9.17, 15) is 4.79 Å². The number of anilines is 1. The van der Waals surface area contributed by atoms with Crippen molar-refractivity contribution in [3.05, 3.63) is 23.9 Å². The van der Waals surface area contributed by atoms with Gasteiger partial charge in [0.15, 0.2) is 0 Å². The molecule has 2 aliphatic heterocycles. The Hall–Kier alpha value is -1.66. The minimum atomic E-state index is -0.0197. The first-order chi connectivity index (χ1) is 10.7. The van der Waals surface area contributed by atoms with Crippen molar-refractivity contribution < 1.29 is 9.53 Å². The Morgan fingerprint density at radius 3 is 3.05 bits per heavy atom. The smallest absolute Gasteiger partial charge is 0.255 e. The second kappa shape index (κ2) is 7.07. The number of hydrogen-bond acceptors (Lipinski definition) is 5. The third-order valence-electron chi connectivity index (χ3n) is 4.30. The fourth-order valence-corrected chi connectivity index (χ4v) is 3.13. The molecule has 0 aromatic carbocycles. The number of nitrogens with zero attached hydrogens (tertiary/aromatic N) is 2. The molecule has 0 aliphatic carbocycles. The highest BCUT2D eigenvalue weighted by Gasteiger charge is 2.24. The molecule has 0 radical (unpaired) electrons. The molecule has 0 spiro atoms. The normalized spacial score (nSPS) is 25.8. The van der Waals surface area contributed by atoms with Crippen LogP contribution in [0.1, 0.15) is 30.1 Å². The number of rotatable bonds is 3. The summed E-state index contributed by atoms with van der Waals surface area (Å²) in [6.07, 6.45) is 3.69. The van der Waals surface area contributed by atoms with Gasteiger partial charge in [-0.3, -0.25) is 4.79 Å². The lowest BCUT2D eigenvalue weighted by atomic mass is 10.0. The van der Waals surface area contributed by atoms with Crippen LogP contribution in [0.25, 0.3) is 0 Å². The van der Waals surface area contributed by atoms with Gasteiger partial charge in [0.2, 0.25) is 0 Å². The van der Waals surface area contributed by atoms with Gasteiger partial charge in [0, 0.05) is 31.4 Å². The number of carbonyl (C=O) groups is 1. The Kier molecular flexibility index (Phi) is 4.90. The van der Waals surface area contributed by atoms with Crippen LogP contribution in [0.15, 0.2) is 18.3 Å². The molecule has 6 heteroatoms. The molecule has 2 unspecified atom stereocenters. The third-order valence-corrected chi connectivity index (χ3v) is 4.30. The third kappa shape index (κ3) is 3.56. The minimum Gasteiger partial charge on any atom is -0.378 e. The van der Waals surface area contributed by atoms with Gasteiger partial charge < -0.3 is 20.3 Å². The number of hydrogen-bond donors (Lipinski definition) is 2. The monoisotopic (exact) mass is 304 g/mol. The molecule has 2 aliphatic rings. The van der Waals surface area contributed by atoms with Gasteiger partial charge in [-0.25, -0.2) is 4.98 Å². The summed E-state index contributed by atoms with van der Waals surface area (Å²) in [7, 11) is 0. The van der Waals surface area contributed by atoms with E-state index < -0.39 is 0 Å². The average Bonchev–Trinajstić information content (AvgIpc) is 2.56. The summed E-state index contributed by atoms with van der Waals surface area (Å²) in [5.74, 6) is 0.749. The van der Waals surface area contributed by atoms with Crippen LogP contribution in [0.4, 0.5) is 5.82 Å². The maximum absolute atomic E-state index is 12.7. The van der Waals surface area contributed by atoms with Crippen LogP contribution in [0.5, 0.6) is 0 Å². The zero-order valence-electron chi connectivity index (χ0n) is 13.0. The fourth-order valence-electron chi connectivity index (χ4n) is 3.13. The Morgan fingerprint density at radius 2 is 2.27 bits per heavy atom. The van der Waals surface area contributed by atoms with E-state index in [1.54, 1.807) is 6.20 Å². The molecule has 120 valence electrons. The van der Waals surface area contributed by atoms with Crippen molar-refractivity contribution in [2.24, 2.45) is 0 Å². The summed E-state index contributed by atoms with van der Waals surface area (Å²) in [6.45, 7) is 6.03. The molecule has 6 nitrogen and oxygen atoms in total. The SMILES string of the molecule is CC1CC(NC(=O)c2cccnc2N2CCOCC2)CCN1. The minimum absolute atomic E-state index is 0.0197. The van der Waals surface area contributed by atoms with Crippen LogP contribution >= 0.6 is 0 Å². The largest absolute Gasteiger partial charge is 0.378 e. The highest BCUT2D eigenvalue weighted by Crippen LogP contribution is 2.19. The summed E-state index contributed by atoms with van der Waals surface area (Å²) < 4.78 is 5.38. The lowest BCUT2D eigenvalue weighted by molar-refractivity contribution is 0.0924. The second-order valence-electron chi connectivity index (χ2n) is 6.02. The van der Waals surface area contributed by atoms with Crippen molar-refractivity contribution >= 4 is 11.7 Å². The molecule has 3 heterocycles. The molecule has 0 saturated carbocycles. The van der Waals surface area contributed by atoms with Crippen molar-refractivity contribution in [1.82, 2.24) is 15.6 Å². The van der Waals surface area contributed by atoms with E-state index in [2.05, 4.69) is 27.4 Å². The predicted octanol–water partition coefficient (Wildman–Crippen LogP) is 0.788. The van der Waals surface area contributed by atoms with Gasteiger partial charge in [0.25, 0.3) is 5.91 Å². The van der Waals surface area contributed by atoms with Crippen LogP contribution in [0.2, 0.25) is 0 Å². The van der Waals surface area contributed by atoms with Crippen LogP contribution in [-0.4, -0.2) is 55.8 Å². The first-order valence-electron chi connectivity index (χ1n) is 8.06. The van der Waals surface area contributed by atoms with Crippen molar-refractivity contribution in [3.63, 3.8) is 0 Å². The zero-order chi connectivity index (χ0) is 15.4. The van der Waals surface area contributed by atoms with Gasteiger partial charge in [-0.15, -0.1) is 0 Å². The first-order valence-corrected chi connectivity index (χ1v) is 8.06. The first kappa shape index (κ1) is 15.2. The molecule has 3 rings (SSSR count).